The summed E-state index contributed by atoms with van der Waals surface area (Å²) in [6.45, 7) is 10.2. The Labute approximate surface area is 107 Å². The molecule has 1 heterocycles. The van der Waals surface area contributed by atoms with Crippen molar-refractivity contribution in [2.75, 3.05) is 12.3 Å². The second-order valence-corrected chi connectivity index (χ2v) is 6.64. The van der Waals surface area contributed by atoms with Crippen molar-refractivity contribution in [1.82, 2.24) is 4.90 Å². The first-order valence-corrected chi connectivity index (χ1v) is 6.85. The van der Waals surface area contributed by atoms with Crippen molar-refractivity contribution >= 4 is 23.0 Å². The second-order valence-electron chi connectivity index (χ2n) is 5.67. The third-order valence-electron chi connectivity index (χ3n) is 2.22. The SMILES string of the molecule is CC(C)CN1C(=O)SCC1C(=O)OC(C)(C)C. The highest BCUT2D eigenvalue weighted by Crippen LogP contribution is 2.26. The van der Waals surface area contributed by atoms with Gasteiger partial charge in [-0.15, -0.1) is 0 Å². The molecule has 0 aromatic heterocycles. The molecule has 1 aliphatic heterocycles. The Kier molecular flexibility index (Phi) is 4.47. The summed E-state index contributed by atoms with van der Waals surface area (Å²) in [5.41, 5.74) is -0.503. The van der Waals surface area contributed by atoms with Crippen molar-refractivity contribution in [1.29, 1.82) is 0 Å². The molecule has 0 aromatic carbocycles. The van der Waals surface area contributed by atoms with Gasteiger partial charge in [-0.3, -0.25) is 4.79 Å². The van der Waals surface area contributed by atoms with E-state index in [-0.39, 0.29) is 11.2 Å². The zero-order valence-electron chi connectivity index (χ0n) is 11.1. The van der Waals surface area contributed by atoms with E-state index in [9.17, 15) is 9.59 Å². The quantitative estimate of drug-likeness (QED) is 0.731. The number of ether oxygens (including phenoxy) is 1. The van der Waals surface area contributed by atoms with Crippen LogP contribution in [0.15, 0.2) is 0 Å². The molecule has 0 N–H and O–H groups in total. The maximum Gasteiger partial charge on any atom is 0.330 e. The van der Waals surface area contributed by atoms with Gasteiger partial charge < -0.3 is 9.64 Å². The molecule has 17 heavy (non-hydrogen) atoms. The van der Waals surface area contributed by atoms with Crippen molar-refractivity contribution in [3.63, 3.8) is 0 Å². The van der Waals surface area contributed by atoms with E-state index in [0.29, 0.717) is 18.2 Å². The summed E-state index contributed by atoms with van der Waals surface area (Å²) in [6.07, 6.45) is 0. The lowest BCUT2D eigenvalue weighted by molar-refractivity contribution is -0.159. The maximum absolute atomic E-state index is 12.0. The highest BCUT2D eigenvalue weighted by Gasteiger charge is 2.39. The van der Waals surface area contributed by atoms with Crippen molar-refractivity contribution in [2.24, 2.45) is 5.92 Å². The molecule has 1 unspecified atom stereocenters. The van der Waals surface area contributed by atoms with Crippen LogP contribution in [-0.2, 0) is 9.53 Å². The van der Waals surface area contributed by atoms with Gasteiger partial charge in [0.1, 0.15) is 11.6 Å². The van der Waals surface area contributed by atoms with Gasteiger partial charge in [0.2, 0.25) is 0 Å². The summed E-state index contributed by atoms with van der Waals surface area (Å²) in [5.74, 6) is 0.555. The van der Waals surface area contributed by atoms with Crippen molar-refractivity contribution < 1.29 is 14.3 Å². The van der Waals surface area contributed by atoms with Crippen LogP contribution in [0.3, 0.4) is 0 Å². The molecule has 0 saturated carbocycles. The molecular weight excluding hydrogens is 238 g/mol. The molecule has 1 saturated heterocycles. The van der Waals surface area contributed by atoms with Crippen molar-refractivity contribution in [3.05, 3.63) is 0 Å². The summed E-state index contributed by atoms with van der Waals surface area (Å²) in [6, 6.07) is -0.422. The average molecular weight is 259 g/mol. The van der Waals surface area contributed by atoms with Crippen LogP contribution in [0.25, 0.3) is 0 Å². The highest BCUT2D eigenvalue weighted by atomic mass is 32.2. The number of carbonyl (C=O) groups excluding carboxylic acids is 2. The number of thioether (sulfide) groups is 1. The zero-order chi connectivity index (χ0) is 13.2. The van der Waals surface area contributed by atoms with Gasteiger partial charge in [-0.1, -0.05) is 25.6 Å². The fourth-order valence-electron chi connectivity index (χ4n) is 1.61. The lowest BCUT2D eigenvalue weighted by atomic mass is 10.1. The van der Waals surface area contributed by atoms with Gasteiger partial charge in [-0.25, -0.2) is 4.79 Å². The number of hydrogen-bond donors (Lipinski definition) is 0. The summed E-state index contributed by atoms with van der Waals surface area (Å²) in [4.78, 5) is 25.3. The molecule has 0 aromatic rings. The standard InChI is InChI=1S/C12H21NO3S/c1-8(2)6-13-9(7-17-11(13)15)10(14)16-12(3,4)5/h8-9H,6-7H2,1-5H3. The van der Waals surface area contributed by atoms with E-state index >= 15 is 0 Å². The van der Waals surface area contributed by atoms with E-state index in [2.05, 4.69) is 0 Å². The van der Waals surface area contributed by atoms with Gasteiger partial charge >= 0.3 is 5.97 Å². The molecule has 4 nitrogen and oxygen atoms in total. The fraction of sp³-hybridized carbons (Fsp3) is 0.833. The van der Waals surface area contributed by atoms with Gasteiger partial charge in [-0.05, 0) is 26.7 Å². The second kappa shape index (κ2) is 5.29. The van der Waals surface area contributed by atoms with Crippen LogP contribution < -0.4 is 0 Å². The van der Waals surface area contributed by atoms with Gasteiger partial charge in [0.25, 0.3) is 5.24 Å². The number of rotatable bonds is 3. The summed E-state index contributed by atoms with van der Waals surface area (Å²) in [7, 11) is 0. The molecule has 1 atom stereocenters. The Balaban J connectivity index is 2.69. The molecule has 5 heteroatoms. The fourth-order valence-corrected chi connectivity index (χ4v) is 2.59. The number of amides is 1. The largest absolute Gasteiger partial charge is 0.458 e. The molecule has 0 radical (unpaired) electrons. The Morgan fingerprint density at radius 1 is 1.53 bits per heavy atom. The van der Waals surface area contributed by atoms with E-state index in [1.807, 2.05) is 34.6 Å². The minimum Gasteiger partial charge on any atom is -0.458 e. The van der Waals surface area contributed by atoms with Crippen LogP contribution in [0.2, 0.25) is 0 Å². The lowest BCUT2D eigenvalue weighted by Gasteiger charge is -2.27. The third-order valence-corrected chi connectivity index (χ3v) is 3.18. The first kappa shape index (κ1) is 14.4. The van der Waals surface area contributed by atoms with Gasteiger partial charge in [-0.2, -0.15) is 0 Å². The molecule has 1 aliphatic rings. The predicted octanol–water partition coefficient (Wildman–Crippen LogP) is 2.52. The summed E-state index contributed by atoms with van der Waals surface area (Å²) < 4.78 is 5.34. The number of nitrogens with zero attached hydrogens (tertiary/aromatic N) is 1. The molecule has 1 amide bonds. The Morgan fingerprint density at radius 2 is 2.12 bits per heavy atom. The van der Waals surface area contributed by atoms with Crippen LogP contribution in [0.1, 0.15) is 34.6 Å². The first-order chi connectivity index (χ1) is 7.70. The topological polar surface area (TPSA) is 46.6 Å². The average Bonchev–Trinajstić information content (AvgIpc) is 2.44. The molecule has 0 aliphatic carbocycles. The summed E-state index contributed by atoms with van der Waals surface area (Å²) >= 11 is 1.20. The molecular formula is C12H21NO3S. The predicted molar refractivity (Wildman–Crippen MR) is 69.0 cm³/mol. The third kappa shape index (κ3) is 4.22. The van der Waals surface area contributed by atoms with Crippen molar-refractivity contribution in [2.45, 2.75) is 46.3 Å². The Bertz CT molecular complexity index is 309. The maximum atomic E-state index is 12.0. The monoisotopic (exact) mass is 259 g/mol. The Morgan fingerprint density at radius 3 is 2.59 bits per heavy atom. The van der Waals surface area contributed by atoms with E-state index in [1.165, 1.54) is 11.8 Å². The molecule has 0 spiro atoms. The molecule has 1 rings (SSSR count). The normalized spacial score (nSPS) is 21.2. The Hall–Kier alpha value is -0.710. The van der Waals surface area contributed by atoms with Gasteiger partial charge in [0.05, 0.1) is 0 Å². The number of hydrogen-bond acceptors (Lipinski definition) is 4. The molecule has 98 valence electrons. The van der Waals surface area contributed by atoms with Crippen molar-refractivity contribution in [3.8, 4) is 0 Å². The van der Waals surface area contributed by atoms with E-state index in [4.69, 9.17) is 4.74 Å². The molecule has 1 fully saturated rings. The van der Waals surface area contributed by atoms with E-state index in [0.717, 1.165) is 0 Å². The smallest absolute Gasteiger partial charge is 0.330 e. The van der Waals surface area contributed by atoms with Crippen LogP contribution in [0, 0.1) is 5.92 Å². The first-order valence-electron chi connectivity index (χ1n) is 5.87. The minimum absolute atomic E-state index is 0.0189. The van der Waals surface area contributed by atoms with E-state index in [1.54, 1.807) is 4.90 Å². The molecule has 0 bridgehead atoms. The van der Waals surface area contributed by atoms with Gasteiger partial charge in [0, 0.05) is 12.3 Å². The summed E-state index contributed by atoms with van der Waals surface area (Å²) in [5, 5.41) is -0.0189. The minimum atomic E-state index is -0.503. The van der Waals surface area contributed by atoms with Crippen LogP contribution >= 0.6 is 11.8 Å². The zero-order valence-corrected chi connectivity index (χ0v) is 12.0. The van der Waals surface area contributed by atoms with Crippen LogP contribution in [0.5, 0.6) is 0 Å². The van der Waals surface area contributed by atoms with Gasteiger partial charge in [0.15, 0.2) is 0 Å². The van der Waals surface area contributed by atoms with Crippen LogP contribution in [-0.4, -0.2) is 40.0 Å². The van der Waals surface area contributed by atoms with Crippen LogP contribution in [0.4, 0.5) is 4.79 Å². The number of esters is 1. The number of carbonyl (C=O) groups is 2. The highest BCUT2D eigenvalue weighted by molar-refractivity contribution is 8.13. The van der Waals surface area contributed by atoms with E-state index < -0.39 is 11.6 Å². The lowest BCUT2D eigenvalue weighted by Crippen LogP contribution is -2.44.